The summed E-state index contributed by atoms with van der Waals surface area (Å²) in [5.74, 6) is -0.127. The molecular weight excluding hydrogens is 643 g/mol. The molecule has 0 fully saturated rings. The van der Waals surface area contributed by atoms with E-state index >= 15 is 0 Å². The number of amides is 3. The van der Waals surface area contributed by atoms with Gasteiger partial charge in [0.25, 0.3) is 15.9 Å². The van der Waals surface area contributed by atoms with Gasteiger partial charge in [-0.3, -0.25) is 4.79 Å². The summed E-state index contributed by atoms with van der Waals surface area (Å²) in [6, 6.07) is 19.9. The number of allylic oxidation sites excluding steroid dienone is 4. The normalized spacial score (nSPS) is 15.1. The van der Waals surface area contributed by atoms with E-state index in [1.54, 1.807) is 11.0 Å². The van der Waals surface area contributed by atoms with Crippen molar-refractivity contribution in [3.8, 4) is 5.69 Å². The topological polar surface area (TPSA) is 101 Å². The van der Waals surface area contributed by atoms with Gasteiger partial charge in [0, 0.05) is 39.9 Å². The molecule has 3 aromatic carbocycles. The SMILES string of the molecule is O=C(NCCc1ccc(-n2c3c(c4c(Cl)cc(Cl)cc42)CCN(c2ccccc2)C3=O)cc1)NS(=O)(=O)C1=CC=C(Cl)CC1. The van der Waals surface area contributed by atoms with Crippen LogP contribution in [0.2, 0.25) is 10.0 Å². The molecule has 1 aromatic heterocycles. The third-order valence-corrected chi connectivity index (χ3v) is 10.0. The Kier molecular flexibility index (Phi) is 8.48. The van der Waals surface area contributed by atoms with Gasteiger partial charge in [-0.15, -0.1) is 0 Å². The monoisotopic (exact) mass is 668 g/mol. The van der Waals surface area contributed by atoms with Crippen molar-refractivity contribution in [3.63, 3.8) is 0 Å². The van der Waals surface area contributed by atoms with Crippen LogP contribution in [0.4, 0.5) is 10.5 Å². The number of fused-ring (bicyclic) bond motifs is 3. The Balaban J connectivity index is 1.22. The molecule has 0 bridgehead atoms. The highest BCUT2D eigenvalue weighted by Gasteiger charge is 2.33. The number of hydrogen-bond acceptors (Lipinski definition) is 4. The first-order valence-electron chi connectivity index (χ1n) is 14.0. The Labute approximate surface area is 269 Å². The fraction of sp³-hybridized carbons (Fsp3) is 0.188. The lowest BCUT2D eigenvalue weighted by molar-refractivity contribution is 0.0974. The zero-order valence-corrected chi connectivity index (χ0v) is 26.4. The second-order valence-corrected chi connectivity index (χ2v) is 13.6. The Morgan fingerprint density at radius 1 is 0.886 bits per heavy atom. The number of aromatic nitrogens is 1. The number of benzene rings is 3. The number of nitrogens with zero attached hydrogens (tertiary/aromatic N) is 2. The second kappa shape index (κ2) is 12.3. The molecule has 0 radical (unpaired) electrons. The van der Waals surface area contributed by atoms with E-state index in [0.29, 0.717) is 46.6 Å². The summed E-state index contributed by atoms with van der Waals surface area (Å²) in [4.78, 5) is 28.2. The maximum atomic E-state index is 14.0. The van der Waals surface area contributed by atoms with Gasteiger partial charge in [0.05, 0.1) is 15.4 Å². The zero-order chi connectivity index (χ0) is 31.0. The number of sulfonamides is 1. The Bertz CT molecular complexity index is 1950. The molecule has 2 N–H and O–H groups in total. The molecule has 6 rings (SSSR count). The first-order valence-corrected chi connectivity index (χ1v) is 16.6. The van der Waals surface area contributed by atoms with E-state index in [1.807, 2.05) is 65.2 Å². The van der Waals surface area contributed by atoms with Crippen molar-refractivity contribution in [3.05, 3.63) is 116 Å². The lowest BCUT2D eigenvalue weighted by Gasteiger charge is -2.28. The summed E-state index contributed by atoms with van der Waals surface area (Å²) in [7, 11) is -3.95. The van der Waals surface area contributed by atoms with Crippen LogP contribution in [-0.2, 0) is 22.9 Å². The third-order valence-electron chi connectivity index (χ3n) is 7.71. The third kappa shape index (κ3) is 5.97. The first-order chi connectivity index (χ1) is 21.1. The van der Waals surface area contributed by atoms with E-state index in [0.717, 1.165) is 33.4 Å². The van der Waals surface area contributed by atoms with Crippen molar-refractivity contribution in [1.82, 2.24) is 14.6 Å². The van der Waals surface area contributed by atoms with Gasteiger partial charge in [-0.25, -0.2) is 17.9 Å². The highest BCUT2D eigenvalue weighted by Crippen LogP contribution is 2.40. The second-order valence-electron chi connectivity index (χ2n) is 10.5. The summed E-state index contributed by atoms with van der Waals surface area (Å²) in [5.41, 5.74) is 4.65. The van der Waals surface area contributed by atoms with Gasteiger partial charge in [0.15, 0.2) is 0 Å². The van der Waals surface area contributed by atoms with Gasteiger partial charge in [-0.2, -0.15) is 0 Å². The van der Waals surface area contributed by atoms with Crippen LogP contribution in [0.25, 0.3) is 16.6 Å². The first kappa shape index (κ1) is 30.3. The molecule has 1 aliphatic carbocycles. The van der Waals surface area contributed by atoms with Crippen LogP contribution >= 0.6 is 34.8 Å². The number of halogens is 3. The predicted molar refractivity (Wildman–Crippen MR) is 176 cm³/mol. The van der Waals surface area contributed by atoms with Crippen molar-refractivity contribution in [2.75, 3.05) is 18.0 Å². The molecule has 44 heavy (non-hydrogen) atoms. The number of urea groups is 1. The van der Waals surface area contributed by atoms with Crippen molar-refractivity contribution in [2.45, 2.75) is 25.7 Å². The van der Waals surface area contributed by atoms with Crippen LogP contribution in [0.15, 0.2) is 88.8 Å². The number of carbonyl (C=O) groups excluding carboxylic acids is 2. The molecule has 4 aromatic rings. The van der Waals surface area contributed by atoms with E-state index in [2.05, 4.69) is 10.0 Å². The van der Waals surface area contributed by atoms with Crippen LogP contribution in [0.3, 0.4) is 0 Å². The Morgan fingerprint density at radius 2 is 1.64 bits per heavy atom. The van der Waals surface area contributed by atoms with E-state index < -0.39 is 16.1 Å². The van der Waals surface area contributed by atoms with E-state index in [-0.39, 0.29) is 23.8 Å². The molecule has 2 heterocycles. The molecule has 0 saturated carbocycles. The highest BCUT2D eigenvalue weighted by atomic mass is 35.5. The van der Waals surface area contributed by atoms with Crippen LogP contribution in [0, 0.1) is 0 Å². The summed E-state index contributed by atoms with van der Waals surface area (Å²) in [5, 5.41) is 4.93. The van der Waals surface area contributed by atoms with Crippen molar-refractivity contribution >= 4 is 73.4 Å². The molecule has 12 heteroatoms. The lowest BCUT2D eigenvalue weighted by atomic mass is 10.0. The molecule has 2 aliphatic rings. The van der Waals surface area contributed by atoms with Gasteiger partial charge in [-0.05, 0) is 85.4 Å². The number of carbonyl (C=O) groups is 2. The van der Waals surface area contributed by atoms with Crippen molar-refractivity contribution in [2.24, 2.45) is 0 Å². The molecule has 3 amide bonds. The minimum atomic E-state index is -3.95. The molecule has 0 spiro atoms. The Hall–Kier alpha value is -3.76. The van der Waals surface area contributed by atoms with E-state index in [9.17, 15) is 18.0 Å². The summed E-state index contributed by atoms with van der Waals surface area (Å²) >= 11 is 19.0. The summed E-state index contributed by atoms with van der Waals surface area (Å²) in [6.07, 6.45) is 4.65. The molecule has 8 nitrogen and oxygen atoms in total. The van der Waals surface area contributed by atoms with Crippen LogP contribution in [0.1, 0.15) is 34.5 Å². The Morgan fingerprint density at radius 3 is 2.34 bits per heavy atom. The standard InChI is InChI=1S/C32H27Cl3N4O4S/c33-21-8-12-25(13-9-21)44(42,43)37-32(41)36-16-14-20-6-10-24(11-7-20)39-28-19-22(34)18-27(35)29(28)26-15-17-38(31(40)30(26)39)23-4-2-1-3-5-23/h1-8,10-12,18-19H,9,13-17H2,(H2,36,37,41). The highest BCUT2D eigenvalue weighted by molar-refractivity contribution is 7.93. The average molecular weight is 670 g/mol. The van der Waals surface area contributed by atoms with Crippen molar-refractivity contribution < 1.29 is 18.0 Å². The number of para-hydroxylation sites is 1. The minimum absolute atomic E-state index is 0.111. The predicted octanol–water partition coefficient (Wildman–Crippen LogP) is 7.11. The van der Waals surface area contributed by atoms with Crippen molar-refractivity contribution in [1.29, 1.82) is 0 Å². The van der Waals surface area contributed by atoms with Crippen LogP contribution in [0.5, 0.6) is 0 Å². The van der Waals surface area contributed by atoms with Gasteiger partial charge in [0.2, 0.25) is 0 Å². The number of anilines is 1. The maximum absolute atomic E-state index is 14.0. The smallest absolute Gasteiger partial charge is 0.328 e. The van der Waals surface area contributed by atoms with Gasteiger partial charge < -0.3 is 14.8 Å². The molecule has 0 atom stereocenters. The largest absolute Gasteiger partial charge is 0.337 e. The molecule has 0 saturated heterocycles. The molecular formula is C32H27Cl3N4O4S. The molecule has 0 unspecified atom stereocenters. The maximum Gasteiger partial charge on any atom is 0.328 e. The summed E-state index contributed by atoms with van der Waals surface area (Å²) < 4.78 is 28.9. The zero-order valence-electron chi connectivity index (χ0n) is 23.3. The number of rotatable bonds is 7. The average Bonchev–Trinajstić information content (AvgIpc) is 3.33. The molecule has 1 aliphatic heterocycles. The fourth-order valence-corrected chi connectivity index (χ4v) is 7.44. The lowest BCUT2D eigenvalue weighted by Crippen LogP contribution is -2.40. The van der Waals surface area contributed by atoms with E-state index in [1.165, 1.54) is 12.2 Å². The molecule has 226 valence electrons. The van der Waals surface area contributed by atoms with Gasteiger partial charge >= 0.3 is 6.03 Å². The van der Waals surface area contributed by atoms with Gasteiger partial charge in [-0.1, -0.05) is 65.1 Å². The number of nitrogens with one attached hydrogen (secondary N) is 2. The van der Waals surface area contributed by atoms with Crippen LogP contribution in [-0.4, -0.2) is 38.0 Å². The van der Waals surface area contributed by atoms with E-state index in [4.69, 9.17) is 34.8 Å². The van der Waals surface area contributed by atoms with Gasteiger partial charge in [0.1, 0.15) is 5.69 Å². The quantitative estimate of drug-likeness (QED) is 0.219. The minimum Gasteiger partial charge on any atom is -0.337 e. The summed E-state index contributed by atoms with van der Waals surface area (Å²) in [6.45, 7) is 0.737. The van der Waals surface area contributed by atoms with Crippen LogP contribution < -0.4 is 14.9 Å². The number of hydrogen-bond donors (Lipinski definition) is 2. The fourth-order valence-electron chi connectivity index (χ4n) is 5.62.